The van der Waals surface area contributed by atoms with Crippen LogP contribution in [0.2, 0.25) is 0 Å². The van der Waals surface area contributed by atoms with E-state index >= 15 is 0 Å². The Kier molecular flexibility index (Phi) is 1.79. The summed E-state index contributed by atoms with van der Waals surface area (Å²) in [6.45, 7) is 9.89. The fourth-order valence-electron chi connectivity index (χ4n) is 5.57. The number of rotatable bonds is 0. The summed E-state index contributed by atoms with van der Waals surface area (Å²) >= 11 is 0. The van der Waals surface area contributed by atoms with E-state index in [9.17, 15) is 0 Å². The topological polar surface area (TPSA) is 0 Å². The first-order valence-corrected chi connectivity index (χ1v) is 6.71. The first kappa shape index (κ1) is 9.93. The summed E-state index contributed by atoms with van der Waals surface area (Å²) in [5.41, 5.74) is 2.89. The second-order valence-corrected chi connectivity index (χ2v) is 6.73. The molecule has 15 heavy (non-hydrogen) atoms. The molecule has 0 amide bonds. The van der Waals surface area contributed by atoms with Gasteiger partial charge in [0.2, 0.25) is 0 Å². The third kappa shape index (κ3) is 0.905. The van der Waals surface area contributed by atoms with Crippen LogP contribution in [0.4, 0.5) is 0 Å². The Morgan fingerprint density at radius 1 is 1.20 bits per heavy atom. The molecule has 2 saturated carbocycles. The van der Waals surface area contributed by atoms with Crippen molar-refractivity contribution in [1.82, 2.24) is 0 Å². The molecule has 0 N–H and O–H groups in total. The van der Waals surface area contributed by atoms with Crippen molar-refractivity contribution in [2.45, 2.75) is 53.4 Å². The number of hydrogen-bond acceptors (Lipinski definition) is 0. The molecule has 84 valence electrons. The summed E-state index contributed by atoms with van der Waals surface area (Å²) in [6.07, 6.45) is 8.54. The average molecular weight is 204 g/mol. The van der Waals surface area contributed by atoms with Crippen molar-refractivity contribution in [1.29, 1.82) is 0 Å². The highest BCUT2D eigenvalue weighted by Gasteiger charge is 2.65. The minimum absolute atomic E-state index is 0.548. The highest BCUT2D eigenvalue weighted by Crippen LogP contribution is 2.73. The van der Waals surface area contributed by atoms with Crippen LogP contribution in [0.25, 0.3) is 0 Å². The molecule has 2 fully saturated rings. The fraction of sp³-hybridized carbons (Fsp3) is 0.867. The van der Waals surface area contributed by atoms with Crippen molar-refractivity contribution < 1.29 is 0 Å². The Labute approximate surface area is 94.1 Å². The van der Waals surface area contributed by atoms with Crippen molar-refractivity contribution in [2.24, 2.45) is 28.6 Å². The standard InChI is InChI=1S/C15H24/c1-10-5-8-15-12(3)11(2)9-14(15,4)7-6-13(10)15/h9-10,12-13H,5-8H2,1-4H3/t10-,12?,13+,14+,15+/m0/s1. The van der Waals surface area contributed by atoms with E-state index in [2.05, 4.69) is 33.8 Å². The Bertz CT molecular complexity index is 327. The summed E-state index contributed by atoms with van der Waals surface area (Å²) in [4.78, 5) is 0. The van der Waals surface area contributed by atoms with E-state index in [1.807, 2.05) is 0 Å². The second kappa shape index (κ2) is 2.70. The van der Waals surface area contributed by atoms with E-state index < -0.39 is 0 Å². The lowest BCUT2D eigenvalue weighted by Gasteiger charge is -2.42. The van der Waals surface area contributed by atoms with Crippen molar-refractivity contribution in [3.05, 3.63) is 11.6 Å². The van der Waals surface area contributed by atoms with E-state index in [0.717, 1.165) is 17.8 Å². The molecular formula is C15H24. The van der Waals surface area contributed by atoms with E-state index in [0.29, 0.717) is 10.8 Å². The molecule has 0 saturated heterocycles. The molecule has 3 rings (SSSR count). The predicted molar refractivity (Wildman–Crippen MR) is 64.6 cm³/mol. The lowest BCUT2D eigenvalue weighted by atomic mass is 9.61. The van der Waals surface area contributed by atoms with Gasteiger partial charge in [0.25, 0.3) is 0 Å². The van der Waals surface area contributed by atoms with Crippen LogP contribution in [0.1, 0.15) is 53.4 Å². The molecule has 0 aromatic carbocycles. The van der Waals surface area contributed by atoms with Crippen molar-refractivity contribution in [3.8, 4) is 0 Å². The Morgan fingerprint density at radius 3 is 2.67 bits per heavy atom. The molecule has 1 spiro atoms. The smallest absolute Gasteiger partial charge is 0.00790 e. The number of allylic oxidation sites excluding steroid dienone is 2. The predicted octanol–water partition coefficient (Wildman–Crippen LogP) is 4.42. The molecule has 0 heterocycles. The fourth-order valence-corrected chi connectivity index (χ4v) is 5.57. The third-order valence-electron chi connectivity index (χ3n) is 6.40. The molecular weight excluding hydrogens is 180 g/mol. The largest absolute Gasteiger partial charge is 0.0788 e. The van der Waals surface area contributed by atoms with Crippen LogP contribution in [0.3, 0.4) is 0 Å². The Hall–Kier alpha value is -0.260. The van der Waals surface area contributed by atoms with Gasteiger partial charge >= 0.3 is 0 Å². The Balaban J connectivity index is 2.11. The molecule has 5 atom stereocenters. The molecule has 0 aromatic heterocycles. The summed E-state index contributed by atoms with van der Waals surface area (Å²) < 4.78 is 0. The Morgan fingerprint density at radius 2 is 1.93 bits per heavy atom. The minimum Gasteiger partial charge on any atom is -0.0788 e. The summed E-state index contributed by atoms with van der Waals surface area (Å²) in [5, 5.41) is 0. The van der Waals surface area contributed by atoms with Crippen LogP contribution in [0, 0.1) is 28.6 Å². The lowest BCUT2D eigenvalue weighted by Crippen LogP contribution is -2.37. The van der Waals surface area contributed by atoms with E-state index in [1.165, 1.54) is 25.7 Å². The summed E-state index contributed by atoms with van der Waals surface area (Å²) in [7, 11) is 0. The third-order valence-corrected chi connectivity index (χ3v) is 6.40. The summed E-state index contributed by atoms with van der Waals surface area (Å²) in [5.74, 6) is 2.85. The zero-order chi connectivity index (χ0) is 10.8. The van der Waals surface area contributed by atoms with Crippen molar-refractivity contribution >= 4 is 0 Å². The van der Waals surface area contributed by atoms with Gasteiger partial charge in [0.05, 0.1) is 0 Å². The average Bonchev–Trinajstić information content (AvgIpc) is 2.70. The van der Waals surface area contributed by atoms with Crippen molar-refractivity contribution in [3.63, 3.8) is 0 Å². The maximum Gasteiger partial charge on any atom is -0.00790 e. The molecule has 1 unspecified atom stereocenters. The first-order chi connectivity index (χ1) is 7.01. The SMILES string of the molecule is CC1=C[C@@]2(C)CC[C@@H]3[C@@H](C)CC[C@@]32C1C. The molecule has 3 aliphatic carbocycles. The molecule has 0 bridgehead atoms. The van der Waals surface area contributed by atoms with Crippen LogP contribution in [0.15, 0.2) is 11.6 Å². The van der Waals surface area contributed by atoms with Crippen LogP contribution in [-0.4, -0.2) is 0 Å². The summed E-state index contributed by atoms with van der Waals surface area (Å²) in [6, 6.07) is 0. The van der Waals surface area contributed by atoms with Gasteiger partial charge in [-0.25, -0.2) is 0 Å². The molecule has 0 heteroatoms. The zero-order valence-electron chi connectivity index (χ0n) is 10.6. The van der Waals surface area contributed by atoms with Crippen LogP contribution < -0.4 is 0 Å². The highest BCUT2D eigenvalue weighted by atomic mass is 14.7. The molecule has 0 radical (unpaired) electrons. The molecule has 0 nitrogen and oxygen atoms in total. The second-order valence-electron chi connectivity index (χ2n) is 6.73. The van der Waals surface area contributed by atoms with Gasteiger partial charge in [-0.3, -0.25) is 0 Å². The van der Waals surface area contributed by atoms with Crippen molar-refractivity contribution in [2.75, 3.05) is 0 Å². The normalized spacial score (nSPS) is 57.9. The van der Waals surface area contributed by atoms with Crippen LogP contribution in [0.5, 0.6) is 0 Å². The molecule has 0 aliphatic heterocycles. The van der Waals surface area contributed by atoms with Gasteiger partial charge < -0.3 is 0 Å². The number of hydrogen-bond donors (Lipinski definition) is 0. The van der Waals surface area contributed by atoms with E-state index in [-0.39, 0.29) is 0 Å². The quantitative estimate of drug-likeness (QED) is 0.513. The van der Waals surface area contributed by atoms with Gasteiger partial charge in [-0.05, 0) is 61.2 Å². The van der Waals surface area contributed by atoms with Gasteiger partial charge in [-0.1, -0.05) is 32.4 Å². The molecule has 3 aliphatic rings. The lowest BCUT2D eigenvalue weighted by molar-refractivity contribution is 0.0733. The highest BCUT2D eigenvalue weighted by molar-refractivity contribution is 5.31. The monoisotopic (exact) mass is 204 g/mol. The maximum absolute atomic E-state index is 2.63. The van der Waals surface area contributed by atoms with Gasteiger partial charge in [0, 0.05) is 0 Å². The van der Waals surface area contributed by atoms with Crippen LogP contribution in [-0.2, 0) is 0 Å². The maximum atomic E-state index is 2.63. The van der Waals surface area contributed by atoms with E-state index in [1.54, 1.807) is 5.57 Å². The first-order valence-electron chi connectivity index (χ1n) is 6.71. The van der Waals surface area contributed by atoms with Crippen LogP contribution >= 0.6 is 0 Å². The zero-order valence-corrected chi connectivity index (χ0v) is 10.6. The minimum atomic E-state index is 0.548. The van der Waals surface area contributed by atoms with Gasteiger partial charge in [-0.15, -0.1) is 0 Å². The van der Waals surface area contributed by atoms with Gasteiger partial charge in [-0.2, -0.15) is 0 Å². The van der Waals surface area contributed by atoms with Gasteiger partial charge in [0.15, 0.2) is 0 Å². The van der Waals surface area contributed by atoms with E-state index in [4.69, 9.17) is 0 Å². The molecule has 0 aromatic rings. The van der Waals surface area contributed by atoms with Gasteiger partial charge in [0.1, 0.15) is 0 Å².